The van der Waals surface area contributed by atoms with Gasteiger partial charge in [-0.2, -0.15) is 0 Å². The molecule has 1 N–H and O–H groups in total. The number of ketones is 1. The summed E-state index contributed by atoms with van der Waals surface area (Å²) in [6.45, 7) is 1.85. The van der Waals surface area contributed by atoms with E-state index in [4.69, 9.17) is 9.47 Å². The first-order chi connectivity index (χ1) is 11.6. The Labute approximate surface area is 141 Å². The van der Waals surface area contributed by atoms with Crippen molar-refractivity contribution < 1.29 is 19.1 Å². The number of hydrogen-bond donors (Lipinski definition) is 1. The second kappa shape index (κ2) is 6.51. The van der Waals surface area contributed by atoms with E-state index in [1.54, 1.807) is 7.11 Å². The first kappa shape index (κ1) is 16.3. The number of esters is 1. The summed E-state index contributed by atoms with van der Waals surface area (Å²) in [5, 5.41) is 3.25. The number of rotatable bonds is 3. The molecule has 0 saturated heterocycles. The number of ether oxygens (including phenoxy) is 2. The fourth-order valence-electron chi connectivity index (χ4n) is 3.49. The zero-order valence-corrected chi connectivity index (χ0v) is 14.1. The van der Waals surface area contributed by atoms with Gasteiger partial charge >= 0.3 is 5.97 Å². The molecule has 126 valence electrons. The first-order valence-corrected chi connectivity index (χ1v) is 8.03. The van der Waals surface area contributed by atoms with Crippen molar-refractivity contribution in [3.63, 3.8) is 0 Å². The van der Waals surface area contributed by atoms with Crippen LogP contribution < -0.4 is 10.1 Å². The number of methoxy groups -OCH3 is 2. The van der Waals surface area contributed by atoms with Gasteiger partial charge < -0.3 is 14.8 Å². The average molecular weight is 327 g/mol. The van der Waals surface area contributed by atoms with E-state index in [0.29, 0.717) is 17.6 Å². The van der Waals surface area contributed by atoms with Gasteiger partial charge in [-0.1, -0.05) is 12.1 Å². The standard InChI is InChI=1S/C19H21NO4/c1-11-16(19(22)24-3)17(12-7-9-13(23-2)10-8-12)18-14(20-11)5-4-6-15(18)21/h7-10,17,20H,4-6H2,1-3H3. The molecule has 5 heteroatoms. The van der Waals surface area contributed by atoms with Crippen LogP contribution in [-0.2, 0) is 14.3 Å². The van der Waals surface area contributed by atoms with E-state index in [9.17, 15) is 9.59 Å². The highest BCUT2D eigenvalue weighted by atomic mass is 16.5. The maximum absolute atomic E-state index is 12.6. The lowest BCUT2D eigenvalue weighted by atomic mass is 9.75. The van der Waals surface area contributed by atoms with Gasteiger partial charge in [0.2, 0.25) is 0 Å². The lowest BCUT2D eigenvalue weighted by molar-refractivity contribution is -0.136. The molecule has 1 aromatic carbocycles. The van der Waals surface area contributed by atoms with Crippen LogP contribution in [0.3, 0.4) is 0 Å². The molecule has 0 amide bonds. The average Bonchev–Trinajstić information content (AvgIpc) is 2.60. The number of benzene rings is 1. The van der Waals surface area contributed by atoms with Crippen LogP contribution in [0.2, 0.25) is 0 Å². The second-order valence-corrected chi connectivity index (χ2v) is 6.03. The highest BCUT2D eigenvalue weighted by Crippen LogP contribution is 2.42. The van der Waals surface area contributed by atoms with E-state index in [-0.39, 0.29) is 5.78 Å². The highest BCUT2D eigenvalue weighted by Gasteiger charge is 2.38. The third-order valence-corrected chi connectivity index (χ3v) is 4.63. The minimum absolute atomic E-state index is 0.0958. The predicted molar refractivity (Wildman–Crippen MR) is 89.5 cm³/mol. The van der Waals surface area contributed by atoms with E-state index in [2.05, 4.69) is 5.32 Å². The van der Waals surface area contributed by atoms with E-state index >= 15 is 0 Å². The molecule has 3 rings (SSSR count). The Kier molecular flexibility index (Phi) is 4.42. The van der Waals surface area contributed by atoms with Crippen molar-refractivity contribution in [2.24, 2.45) is 0 Å². The number of carbonyl (C=O) groups is 2. The molecule has 2 aliphatic rings. The van der Waals surface area contributed by atoms with Crippen LogP contribution >= 0.6 is 0 Å². The third-order valence-electron chi connectivity index (χ3n) is 4.63. The van der Waals surface area contributed by atoms with E-state index < -0.39 is 11.9 Å². The minimum atomic E-state index is -0.411. The number of allylic oxidation sites excluding steroid dienone is 3. The zero-order valence-electron chi connectivity index (χ0n) is 14.1. The fraction of sp³-hybridized carbons (Fsp3) is 0.368. The Hall–Kier alpha value is -2.56. The Morgan fingerprint density at radius 1 is 1.17 bits per heavy atom. The summed E-state index contributed by atoms with van der Waals surface area (Å²) in [6.07, 6.45) is 2.17. The number of dihydropyridines is 1. The molecule has 1 atom stereocenters. The molecule has 5 nitrogen and oxygen atoms in total. The van der Waals surface area contributed by atoms with Crippen LogP contribution in [0.15, 0.2) is 46.8 Å². The highest BCUT2D eigenvalue weighted by molar-refractivity contribution is 6.03. The molecule has 1 aliphatic carbocycles. The summed E-state index contributed by atoms with van der Waals surface area (Å²) in [6, 6.07) is 7.49. The van der Waals surface area contributed by atoms with Gasteiger partial charge in [-0.05, 0) is 37.5 Å². The lowest BCUT2D eigenvalue weighted by Gasteiger charge is -2.34. The van der Waals surface area contributed by atoms with Crippen LogP contribution in [-0.4, -0.2) is 26.0 Å². The van der Waals surface area contributed by atoms with Gasteiger partial charge in [0.1, 0.15) is 5.75 Å². The van der Waals surface area contributed by atoms with Gasteiger partial charge in [-0.25, -0.2) is 4.79 Å². The second-order valence-electron chi connectivity index (χ2n) is 6.03. The summed E-state index contributed by atoms with van der Waals surface area (Å²) < 4.78 is 10.2. The third kappa shape index (κ3) is 2.70. The maximum Gasteiger partial charge on any atom is 0.336 e. The number of nitrogens with one attached hydrogen (secondary N) is 1. The van der Waals surface area contributed by atoms with Crippen LogP contribution in [0.5, 0.6) is 5.75 Å². The molecular formula is C19H21NO4. The van der Waals surface area contributed by atoms with E-state index in [1.165, 1.54) is 7.11 Å². The normalized spacial score (nSPS) is 20.5. The molecule has 0 bridgehead atoms. The van der Waals surface area contributed by atoms with Crippen molar-refractivity contribution in [2.75, 3.05) is 14.2 Å². The summed E-state index contributed by atoms with van der Waals surface area (Å²) in [5.41, 5.74) is 3.75. The molecule has 1 unspecified atom stereocenters. The molecule has 1 heterocycles. The van der Waals surface area contributed by atoms with Gasteiger partial charge in [-0.3, -0.25) is 4.79 Å². The Morgan fingerprint density at radius 2 is 1.88 bits per heavy atom. The fourth-order valence-corrected chi connectivity index (χ4v) is 3.49. The van der Waals surface area contributed by atoms with Crippen LogP contribution in [0, 0.1) is 0 Å². The quantitative estimate of drug-likeness (QED) is 0.865. The van der Waals surface area contributed by atoms with Crippen LogP contribution in [0.1, 0.15) is 37.7 Å². The number of carbonyl (C=O) groups excluding carboxylic acids is 2. The summed E-state index contributed by atoms with van der Waals surface area (Å²) >= 11 is 0. The maximum atomic E-state index is 12.6. The molecule has 24 heavy (non-hydrogen) atoms. The SMILES string of the molecule is COC(=O)C1=C(C)NC2=C(C(=O)CCC2)C1c1ccc(OC)cc1. The van der Waals surface area contributed by atoms with Gasteiger partial charge in [0, 0.05) is 29.3 Å². The molecule has 0 saturated carbocycles. The van der Waals surface area contributed by atoms with Gasteiger partial charge in [-0.15, -0.1) is 0 Å². The Morgan fingerprint density at radius 3 is 2.50 bits per heavy atom. The van der Waals surface area contributed by atoms with Crippen molar-refractivity contribution in [2.45, 2.75) is 32.1 Å². The van der Waals surface area contributed by atoms with Crippen molar-refractivity contribution >= 4 is 11.8 Å². The van der Waals surface area contributed by atoms with E-state index in [0.717, 1.165) is 35.5 Å². The molecule has 1 aliphatic heterocycles. The molecule has 0 spiro atoms. The van der Waals surface area contributed by atoms with Crippen molar-refractivity contribution in [3.05, 3.63) is 52.4 Å². The van der Waals surface area contributed by atoms with Crippen molar-refractivity contribution in [1.29, 1.82) is 0 Å². The van der Waals surface area contributed by atoms with Crippen LogP contribution in [0.4, 0.5) is 0 Å². The monoisotopic (exact) mass is 327 g/mol. The number of Topliss-reactive ketones (excluding diaryl/α,β-unsaturated/α-hetero) is 1. The van der Waals surface area contributed by atoms with Gasteiger partial charge in [0.05, 0.1) is 19.8 Å². The zero-order chi connectivity index (χ0) is 17.3. The number of hydrogen-bond acceptors (Lipinski definition) is 5. The van der Waals surface area contributed by atoms with E-state index in [1.807, 2.05) is 31.2 Å². The predicted octanol–water partition coefficient (Wildman–Crippen LogP) is 2.84. The minimum Gasteiger partial charge on any atom is -0.497 e. The van der Waals surface area contributed by atoms with Crippen LogP contribution in [0.25, 0.3) is 0 Å². The molecular weight excluding hydrogens is 306 g/mol. The molecule has 0 fully saturated rings. The topological polar surface area (TPSA) is 64.6 Å². The first-order valence-electron chi connectivity index (χ1n) is 8.03. The largest absolute Gasteiger partial charge is 0.497 e. The smallest absolute Gasteiger partial charge is 0.336 e. The molecule has 0 aromatic heterocycles. The van der Waals surface area contributed by atoms with Gasteiger partial charge in [0.15, 0.2) is 5.78 Å². The summed E-state index contributed by atoms with van der Waals surface area (Å²) in [4.78, 5) is 25.0. The Balaban J connectivity index is 2.15. The Bertz CT molecular complexity index is 743. The molecule has 0 radical (unpaired) electrons. The lowest BCUT2D eigenvalue weighted by Crippen LogP contribution is -2.34. The van der Waals surface area contributed by atoms with Crippen molar-refractivity contribution in [1.82, 2.24) is 5.32 Å². The molecule has 1 aromatic rings. The summed E-state index contributed by atoms with van der Waals surface area (Å²) in [5.74, 6) is 0.0220. The van der Waals surface area contributed by atoms with Crippen molar-refractivity contribution in [3.8, 4) is 5.75 Å². The van der Waals surface area contributed by atoms with Gasteiger partial charge in [0.25, 0.3) is 0 Å². The summed E-state index contributed by atoms with van der Waals surface area (Å²) in [7, 11) is 2.97.